The summed E-state index contributed by atoms with van der Waals surface area (Å²) in [4.78, 5) is 0. The molecule has 0 heterocycles. The third-order valence-corrected chi connectivity index (χ3v) is 5.33. The first kappa shape index (κ1) is 16.0. The Balaban J connectivity index is 1.64. The second kappa shape index (κ2) is 6.44. The third-order valence-electron chi connectivity index (χ3n) is 5.33. The fraction of sp³-hybridized carbons (Fsp3) is 0.217. The first-order chi connectivity index (χ1) is 12.2. The van der Waals surface area contributed by atoms with E-state index in [0.717, 1.165) is 24.8 Å². The molecule has 1 aliphatic carbocycles. The van der Waals surface area contributed by atoms with Gasteiger partial charge in [0.2, 0.25) is 0 Å². The van der Waals surface area contributed by atoms with Gasteiger partial charge in [-0.05, 0) is 59.4 Å². The maximum Gasteiger partial charge on any atom is 0.159 e. The largest absolute Gasteiger partial charge is 0.204 e. The maximum atomic E-state index is 13.7. The molecule has 0 amide bonds. The van der Waals surface area contributed by atoms with Crippen molar-refractivity contribution in [3.8, 4) is 0 Å². The Morgan fingerprint density at radius 2 is 1.28 bits per heavy atom. The molecule has 1 unspecified atom stereocenters. The summed E-state index contributed by atoms with van der Waals surface area (Å²) in [6.45, 7) is 0. The summed E-state index contributed by atoms with van der Waals surface area (Å²) in [6.07, 6.45) is 2.90. The molecule has 0 aliphatic heterocycles. The van der Waals surface area contributed by atoms with Gasteiger partial charge in [-0.3, -0.25) is 0 Å². The zero-order chi connectivity index (χ0) is 17.3. The molecule has 0 bridgehead atoms. The molecular formula is C23H20F2. The smallest absolute Gasteiger partial charge is 0.159 e. The zero-order valence-corrected chi connectivity index (χ0v) is 14.0. The van der Waals surface area contributed by atoms with Crippen molar-refractivity contribution in [2.75, 3.05) is 0 Å². The van der Waals surface area contributed by atoms with Crippen LogP contribution >= 0.6 is 0 Å². The van der Waals surface area contributed by atoms with E-state index in [2.05, 4.69) is 48.5 Å². The summed E-state index contributed by atoms with van der Waals surface area (Å²) in [5, 5.41) is 0. The SMILES string of the molecule is Fc1ccc(C2CC2(Cc2ccccc2)Cc2ccccc2)cc1F. The van der Waals surface area contributed by atoms with E-state index in [4.69, 9.17) is 0 Å². The Kier molecular flexibility index (Phi) is 4.12. The van der Waals surface area contributed by atoms with Crippen LogP contribution in [-0.2, 0) is 12.8 Å². The lowest BCUT2D eigenvalue weighted by molar-refractivity contribution is 0.479. The van der Waals surface area contributed by atoms with Crippen LogP contribution in [0.15, 0.2) is 78.9 Å². The first-order valence-corrected chi connectivity index (χ1v) is 8.69. The summed E-state index contributed by atoms with van der Waals surface area (Å²) in [7, 11) is 0. The van der Waals surface area contributed by atoms with Crippen molar-refractivity contribution in [2.45, 2.75) is 25.2 Å². The number of rotatable bonds is 5. The molecule has 0 saturated heterocycles. The standard InChI is InChI=1S/C23H20F2/c24-21-12-11-19(13-22(21)25)20-16-23(20,14-17-7-3-1-4-8-17)15-18-9-5-2-6-10-18/h1-13,20H,14-16H2. The van der Waals surface area contributed by atoms with Gasteiger partial charge in [0.1, 0.15) is 0 Å². The second-order valence-electron chi connectivity index (χ2n) is 7.12. The van der Waals surface area contributed by atoms with E-state index >= 15 is 0 Å². The molecule has 1 saturated carbocycles. The van der Waals surface area contributed by atoms with Gasteiger partial charge in [-0.2, -0.15) is 0 Å². The van der Waals surface area contributed by atoms with E-state index in [1.807, 2.05) is 12.1 Å². The molecule has 1 atom stereocenters. The Hall–Kier alpha value is -2.48. The lowest BCUT2D eigenvalue weighted by atomic mass is 9.86. The van der Waals surface area contributed by atoms with Crippen LogP contribution in [0.4, 0.5) is 8.78 Å². The van der Waals surface area contributed by atoms with E-state index in [1.54, 1.807) is 6.07 Å². The molecule has 25 heavy (non-hydrogen) atoms. The van der Waals surface area contributed by atoms with E-state index in [-0.39, 0.29) is 11.3 Å². The van der Waals surface area contributed by atoms with Crippen molar-refractivity contribution in [2.24, 2.45) is 5.41 Å². The molecule has 1 fully saturated rings. The van der Waals surface area contributed by atoms with Gasteiger partial charge in [0.05, 0.1) is 0 Å². The molecule has 0 aromatic heterocycles. The predicted molar refractivity (Wildman–Crippen MR) is 96.4 cm³/mol. The normalized spacial score (nSPS) is 18.1. The zero-order valence-electron chi connectivity index (χ0n) is 14.0. The van der Waals surface area contributed by atoms with Crippen molar-refractivity contribution < 1.29 is 8.78 Å². The van der Waals surface area contributed by atoms with Gasteiger partial charge in [0, 0.05) is 0 Å². The fourth-order valence-electron chi connectivity index (χ4n) is 4.01. The molecule has 0 radical (unpaired) electrons. The number of hydrogen-bond donors (Lipinski definition) is 0. The lowest BCUT2D eigenvalue weighted by Crippen LogP contribution is -2.12. The molecule has 3 aromatic rings. The molecular weight excluding hydrogens is 314 g/mol. The number of benzene rings is 3. The number of hydrogen-bond acceptors (Lipinski definition) is 0. The molecule has 1 aliphatic rings. The maximum absolute atomic E-state index is 13.7. The molecule has 0 nitrogen and oxygen atoms in total. The Labute approximate surface area is 147 Å². The lowest BCUT2D eigenvalue weighted by Gasteiger charge is -2.18. The quantitative estimate of drug-likeness (QED) is 0.543. The monoisotopic (exact) mass is 334 g/mol. The molecule has 0 spiro atoms. The van der Waals surface area contributed by atoms with Gasteiger partial charge in [-0.15, -0.1) is 0 Å². The average Bonchev–Trinajstić information content (AvgIpc) is 3.32. The van der Waals surface area contributed by atoms with Gasteiger partial charge in [0.15, 0.2) is 11.6 Å². The highest BCUT2D eigenvalue weighted by molar-refractivity contribution is 5.35. The summed E-state index contributed by atoms with van der Waals surface area (Å²) in [5.74, 6) is -1.26. The van der Waals surface area contributed by atoms with Crippen molar-refractivity contribution in [3.63, 3.8) is 0 Å². The molecule has 3 aromatic carbocycles. The number of halogens is 2. The van der Waals surface area contributed by atoms with Crippen LogP contribution in [0.2, 0.25) is 0 Å². The van der Waals surface area contributed by atoms with E-state index in [0.29, 0.717) is 0 Å². The van der Waals surface area contributed by atoms with E-state index in [9.17, 15) is 8.78 Å². The summed E-state index contributed by atoms with van der Waals surface area (Å²) < 4.78 is 27.0. The third kappa shape index (κ3) is 3.34. The highest BCUT2D eigenvalue weighted by Gasteiger charge is 2.54. The van der Waals surface area contributed by atoms with Crippen LogP contribution in [0, 0.1) is 17.0 Å². The topological polar surface area (TPSA) is 0 Å². The van der Waals surface area contributed by atoms with Crippen molar-refractivity contribution in [3.05, 3.63) is 107 Å². The summed E-state index contributed by atoms with van der Waals surface area (Å²) in [5.41, 5.74) is 3.57. The van der Waals surface area contributed by atoms with Crippen molar-refractivity contribution >= 4 is 0 Å². The van der Waals surface area contributed by atoms with Gasteiger partial charge in [0.25, 0.3) is 0 Å². The highest BCUT2D eigenvalue weighted by Crippen LogP contribution is 2.62. The molecule has 0 N–H and O–H groups in total. The van der Waals surface area contributed by atoms with Crippen LogP contribution in [0.1, 0.15) is 29.0 Å². The minimum atomic E-state index is -0.777. The van der Waals surface area contributed by atoms with Gasteiger partial charge in [-0.25, -0.2) is 8.78 Å². The predicted octanol–water partition coefficient (Wildman–Crippen LogP) is 5.92. The van der Waals surface area contributed by atoms with Crippen LogP contribution in [0.3, 0.4) is 0 Å². The van der Waals surface area contributed by atoms with E-state index < -0.39 is 11.6 Å². The first-order valence-electron chi connectivity index (χ1n) is 8.69. The summed E-state index contributed by atoms with van der Waals surface area (Å²) >= 11 is 0. The Bertz CT molecular complexity index is 814. The molecule has 2 heteroatoms. The minimum absolute atomic E-state index is 0.0764. The van der Waals surface area contributed by atoms with Crippen LogP contribution in [-0.4, -0.2) is 0 Å². The Morgan fingerprint density at radius 1 is 0.720 bits per heavy atom. The summed E-state index contributed by atoms with van der Waals surface area (Å²) in [6, 6.07) is 25.2. The Morgan fingerprint density at radius 3 is 1.80 bits per heavy atom. The van der Waals surface area contributed by atoms with Gasteiger partial charge < -0.3 is 0 Å². The van der Waals surface area contributed by atoms with Crippen molar-refractivity contribution in [1.82, 2.24) is 0 Å². The fourth-order valence-corrected chi connectivity index (χ4v) is 4.01. The second-order valence-corrected chi connectivity index (χ2v) is 7.12. The van der Waals surface area contributed by atoms with Crippen LogP contribution in [0.25, 0.3) is 0 Å². The van der Waals surface area contributed by atoms with E-state index in [1.165, 1.54) is 23.3 Å². The van der Waals surface area contributed by atoms with Gasteiger partial charge >= 0.3 is 0 Å². The van der Waals surface area contributed by atoms with Crippen LogP contribution in [0.5, 0.6) is 0 Å². The van der Waals surface area contributed by atoms with Crippen LogP contribution < -0.4 is 0 Å². The molecule has 126 valence electrons. The average molecular weight is 334 g/mol. The highest BCUT2D eigenvalue weighted by atomic mass is 19.2. The minimum Gasteiger partial charge on any atom is -0.204 e. The van der Waals surface area contributed by atoms with Crippen molar-refractivity contribution in [1.29, 1.82) is 0 Å². The van der Waals surface area contributed by atoms with Gasteiger partial charge in [-0.1, -0.05) is 66.7 Å². The molecule has 4 rings (SSSR count).